The van der Waals surface area contributed by atoms with Crippen molar-refractivity contribution in [2.75, 3.05) is 5.32 Å². The molecule has 2 heterocycles. The summed E-state index contributed by atoms with van der Waals surface area (Å²) in [6.07, 6.45) is -4.55. The summed E-state index contributed by atoms with van der Waals surface area (Å²) in [6, 6.07) is 5.07. The standard InChI is InChI=1S/C14H8ClF3N2O2S/c1-6-7-3-2-4-8(15)11(7)22-10(6)12(21)20-13-19-9(5-23-13)14(16,17)18/h2-5H,1H3,(H,19,20,21). The molecule has 23 heavy (non-hydrogen) atoms. The quantitative estimate of drug-likeness (QED) is 0.690. The van der Waals surface area contributed by atoms with E-state index >= 15 is 0 Å². The number of hydrogen-bond acceptors (Lipinski definition) is 4. The minimum atomic E-state index is -4.55. The van der Waals surface area contributed by atoms with Crippen molar-refractivity contribution in [1.82, 2.24) is 4.98 Å². The van der Waals surface area contributed by atoms with Crippen molar-refractivity contribution in [3.05, 3.63) is 45.6 Å². The first kappa shape index (κ1) is 15.8. The number of carbonyl (C=O) groups is 1. The smallest absolute Gasteiger partial charge is 0.434 e. The SMILES string of the molecule is Cc1c(C(=O)Nc2nc(C(F)(F)F)cs2)oc2c(Cl)cccc12. The minimum Gasteiger partial charge on any atom is -0.449 e. The first-order valence-electron chi connectivity index (χ1n) is 6.29. The molecule has 0 bridgehead atoms. The maximum absolute atomic E-state index is 12.5. The van der Waals surface area contributed by atoms with E-state index in [-0.39, 0.29) is 10.9 Å². The molecule has 3 rings (SSSR count). The van der Waals surface area contributed by atoms with Crippen LogP contribution in [0.25, 0.3) is 11.0 Å². The lowest BCUT2D eigenvalue weighted by Crippen LogP contribution is -2.12. The summed E-state index contributed by atoms with van der Waals surface area (Å²) in [4.78, 5) is 15.6. The van der Waals surface area contributed by atoms with E-state index in [1.807, 2.05) is 0 Å². The summed E-state index contributed by atoms with van der Waals surface area (Å²) in [5, 5.41) is 3.99. The van der Waals surface area contributed by atoms with Gasteiger partial charge in [-0.05, 0) is 13.0 Å². The number of furan rings is 1. The summed E-state index contributed by atoms with van der Waals surface area (Å²) in [6.45, 7) is 1.67. The Morgan fingerprint density at radius 1 is 1.39 bits per heavy atom. The molecule has 0 aliphatic rings. The van der Waals surface area contributed by atoms with Crippen molar-refractivity contribution >= 4 is 44.9 Å². The third-order valence-electron chi connectivity index (χ3n) is 3.14. The van der Waals surface area contributed by atoms with Crippen molar-refractivity contribution in [1.29, 1.82) is 0 Å². The van der Waals surface area contributed by atoms with Gasteiger partial charge in [0.1, 0.15) is 0 Å². The normalized spacial score (nSPS) is 11.9. The highest BCUT2D eigenvalue weighted by Gasteiger charge is 2.34. The minimum absolute atomic E-state index is 0.0168. The molecule has 0 fully saturated rings. The number of aromatic nitrogens is 1. The summed E-state index contributed by atoms with van der Waals surface area (Å²) in [7, 11) is 0. The Labute approximate surface area is 136 Å². The molecule has 2 aromatic heterocycles. The predicted molar refractivity (Wildman–Crippen MR) is 81.0 cm³/mol. The van der Waals surface area contributed by atoms with Crippen LogP contribution in [-0.2, 0) is 6.18 Å². The average molecular weight is 361 g/mol. The highest BCUT2D eigenvalue weighted by Crippen LogP contribution is 2.33. The summed E-state index contributed by atoms with van der Waals surface area (Å²) in [5.41, 5.74) is -0.151. The van der Waals surface area contributed by atoms with Crippen LogP contribution in [0.1, 0.15) is 21.8 Å². The second kappa shape index (κ2) is 5.54. The second-order valence-corrected chi connectivity index (χ2v) is 5.93. The largest absolute Gasteiger partial charge is 0.449 e. The molecule has 0 spiro atoms. The number of halogens is 4. The van der Waals surface area contributed by atoms with Gasteiger partial charge in [-0.15, -0.1) is 11.3 Å². The molecule has 1 N–H and O–H groups in total. The number of hydrogen-bond donors (Lipinski definition) is 1. The van der Waals surface area contributed by atoms with Crippen molar-refractivity contribution in [3.8, 4) is 0 Å². The summed E-state index contributed by atoms with van der Waals surface area (Å²) in [5.74, 6) is -0.699. The molecule has 0 unspecified atom stereocenters. The number of amides is 1. The van der Waals surface area contributed by atoms with E-state index in [4.69, 9.17) is 16.0 Å². The molecule has 9 heteroatoms. The van der Waals surface area contributed by atoms with Crippen LogP contribution >= 0.6 is 22.9 Å². The van der Waals surface area contributed by atoms with E-state index in [1.165, 1.54) is 0 Å². The molecular weight excluding hydrogens is 353 g/mol. The van der Waals surface area contributed by atoms with Gasteiger partial charge in [0, 0.05) is 16.3 Å². The van der Waals surface area contributed by atoms with Crippen LogP contribution < -0.4 is 5.32 Å². The fraction of sp³-hybridized carbons (Fsp3) is 0.143. The van der Waals surface area contributed by atoms with Crippen molar-refractivity contribution in [3.63, 3.8) is 0 Å². The number of para-hydroxylation sites is 1. The predicted octanol–water partition coefficient (Wildman–Crippen LogP) is 5.12. The number of carbonyl (C=O) groups excluding carboxylic acids is 1. The summed E-state index contributed by atoms with van der Waals surface area (Å²) < 4.78 is 43.0. The van der Waals surface area contributed by atoms with E-state index < -0.39 is 17.8 Å². The Balaban J connectivity index is 1.91. The third-order valence-corrected chi connectivity index (χ3v) is 4.19. The molecular formula is C14H8ClF3N2O2S. The maximum atomic E-state index is 12.5. The van der Waals surface area contributed by atoms with Crippen LogP contribution in [0.4, 0.5) is 18.3 Å². The van der Waals surface area contributed by atoms with Gasteiger partial charge in [-0.2, -0.15) is 13.2 Å². The molecule has 0 radical (unpaired) electrons. The number of thiazole rings is 1. The van der Waals surface area contributed by atoms with Crippen LogP contribution in [0.15, 0.2) is 28.0 Å². The summed E-state index contributed by atoms with van der Waals surface area (Å²) >= 11 is 6.68. The molecule has 0 aliphatic heterocycles. The van der Waals surface area contributed by atoms with E-state index in [0.717, 1.165) is 5.38 Å². The van der Waals surface area contributed by atoms with Gasteiger partial charge in [0.2, 0.25) is 0 Å². The maximum Gasteiger partial charge on any atom is 0.434 e. The van der Waals surface area contributed by atoms with Crippen molar-refractivity contribution in [2.45, 2.75) is 13.1 Å². The molecule has 0 saturated heterocycles. The Kier molecular flexibility index (Phi) is 3.81. The highest BCUT2D eigenvalue weighted by molar-refractivity contribution is 7.14. The Morgan fingerprint density at radius 2 is 2.13 bits per heavy atom. The first-order valence-corrected chi connectivity index (χ1v) is 7.55. The molecule has 3 aromatic rings. The average Bonchev–Trinajstić information content (AvgIpc) is 3.05. The van der Waals surface area contributed by atoms with E-state index in [2.05, 4.69) is 10.3 Å². The molecule has 0 aliphatic carbocycles. The van der Waals surface area contributed by atoms with E-state index in [9.17, 15) is 18.0 Å². The Hall–Kier alpha value is -2.06. The monoisotopic (exact) mass is 360 g/mol. The van der Waals surface area contributed by atoms with Crippen LogP contribution in [-0.4, -0.2) is 10.9 Å². The van der Waals surface area contributed by atoms with Gasteiger partial charge in [0.05, 0.1) is 5.02 Å². The Morgan fingerprint density at radius 3 is 2.74 bits per heavy atom. The van der Waals surface area contributed by atoms with Crippen LogP contribution in [0.3, 0.4) is 0 Å². The van der Waals surface area contributed by atoms with Gasteiger partial charge in [-0.1, -0.05) is 23.7 Å². The molecule has 0 saturated carbocycles. The molecule has 120 valence electrons. The van der Waals surface area contributed by atoms with Gasteiger partial charge < -0.3 is 4.42 Å². The van der Waals surface area contributed by atoms with Crippen molar-refractivity contribution < 1.29 is 22.4 Å². The number of nitrogens with one attached hydrogen (secondary N) is 1. The van der Waals surface area contributed by atoms with Crippen LogP contribution in [0.2, 0.25) is 5.02 Å². The van der Waals surface area contributed by atoms with Gasteiger partial charge in [-0.3, -0.25) is 10.1 Å². The molecule has 1 amide bonds. The first-order chi connectivity index (χ1) is 10.8. The molecule has 4 nitrogen and oxygen atoms in total. The number of benzene rings is 1. The fourth-order valence-corrected chi connectivity index (χ4v) is 2.97. The Bertz CT molecular complexity index is 901. The van der Waals surface area contributed by atoms with Gasteiger partial charge in [0.15, 0.2) is 22.2 Å². The zero-order valence-corrected chi connectivity index (χ0v) is 13.1. The van der Waals surface area contributed by atoms with E-state index in [1.54, 1.807) is 25.1 Å². The van der Waals surface area contributed by atoms with Gasteiger partial charge in [0.25, 0.3) is 5.91 Å². The lowest BCUT2D eigenvalue weighted by Gasteiger charge is -2.01. The number of alkyl halides is 3. The number of anilines is 1. The molecule has 1 aromatic carbocycles. The fourth-order valence-electron chi connectivity index (χ4n) is 2.04. The number of nitrogens with zero attached hydrogens (tertiary/aromatic N) is 1. The van der Waals surface area contributed by atoms with E-state index in [0.29, 0.717) is 32.9 Å². The van der Waals surface area contributed by atoms with Crippen LogP contribution in [0.5, 0.6) is 0 Å². The number of rotatable bonds is 2. The lowest BCUT2D eigenvalue weighted by molar-refractivity contribution is -0.140. The third kappa shape index (κ3) is 2.91. The zero-order chi connectivity index (χ0) is 16.8. The second-order valence-electron chi connectivity index (χ2n) is 4.66. The molecule has 0 atom stereocenters. The van der Waals surface area contributed by atoms with Gasteiger partial charge in [-0.25, -0.2) is 4.98 Å². The van der Waals surface area contributed by atoms with Crippen molar-refractivity contribution in [2.24, 2.45) is 0 Å². The van der Waals surface area contributed by atoms with Crippen LogP contribution in [0, 0.1) is 6.92 Å². The number of fused-ring (bicyclic) bond motifs is 1. The number of aryl methyl sites for hydroxylation is 1. The van der Waals surface area contributed by atoms with Gasteiger partial charge >= 0.3 is 6.18 Å². The topological polar surface area (TPSA) is 55.1 Å². The highest BCUT2D eigenvalue weighted by atomic mass is 35.5. The zero-order valence-electron chi connectivity index (χ0n) is 11.5. The lowest BCUT2D eigenvalue weighted by atomic mass is 10.1.